The van der Waals surface area contributed by atoms with Crippen molar-refractivity contribution in [3.05, 3.63) is 53.8 Å². The average molecular weight is 289 g/mol. The summed E-state index contributed by atoms with van der Waals surface area (Å²) in [5, 5.41) is 12.3. The minimum absolute atomic E-state index is 0.0506. The first kappa shape index (κ1) is 15.0. The van der Waals surface area contributed by atoms with E-state index in [9.17, 15) is 14.3 Å². The number of nitrogens with one attached hydrogen (secondary N) is 1. The van der Waals surface area contributed by atoms with Crippen molar-refractivity contribution in [3.63, 3.8) is 0 Å². The molecular weight excluding hydrogens is 273 g/mol. The summed E-state index contributed by atoms with van der Waals surface area (Å²) in [6, 6.07) is 11.1. The Morgan fingerprint density at radius 3 is 2.62 bits per heavy atom. The highest BCUT2D eigenvalue weighted by Crippen LogP contribution is 2.35. The van der Waals surface area contributed by atoms with Crippen LogP contribution in [0.3, 0.4) is 0 Å². The van der Waals surface area contributed by atoms with Crippen LogP contribution in [0.5, 0.6) is 11.5 Å². The number of aliphatic hydroxyl groups excluding tert-OH is 1. The lowest BCUT2D eigenvalue weighted by Gasteiger charge is -2.16. The monoisotopic (exact) mass is 289 g/mol. The van der Waals surface area contributed by atoms with Crippen LogP contribution in [0, 0.1) is 5.82 Å². The van der Waals surface area contributed by atoms with Crippen molar-refractivity contribution in [2.75, 3.05) is 5.32 Å². The first-order valence-electron chi connectivity index (χ1n) is 6.50. The molecule has 1 atom stereocenters. The molecule has 2 aromatic carbocycles. The number of hydrogen-bond donors (Lipinski definition) is 2. The maximum absolute atomic E-state index is 14.0. The largest absolute Gasteiger partial charge is 0.452 e. The van der Waals surface area contributed by atoms with Gasteiger partial charge in [0.15, 0.2) is 17.3 Å². The summed E-state index contributed by atoms with van der Waals surface area (Å²) < 4.78 is 19.6. The molecule has 2 rings (SSSR count). The molecule has 0 aromatic heterocycles. The highest BCUT2D eigenvalue weighted by atomic mass is 19.1. The summed E-state index contributed by atoms with van der Waals surface area (Å²) in [5.41, 5.74) is 0.775. The third-order valence-electron chi connectivity index (χ3n) is 2.86. The first-order valence-corrected chi connectivity index (χ1v) is 6.50. The van der Waals surface area contributed by atoms with Crippen molar-refractivity contribution in [3.8, 4) is 11.5 Å². The normalized spacial score (nSPS) is 11.8. The lowest BCUT2D eigenvalue weighted by atomic mass is 10.1. The first-order chi connectivity index (χ1) is 9.99. The van der Waals surface area contributed by atoms with Crippen LogP contribution < -0.4 is 10.1 Å². The average Bonchev–Trinajstić information content (AvgIpc) is 2.42. The number of rotatable bonds is 4. The molecule has 0 aliphatic rings. The predicted molar refractivity (Wildman–Crippen MR) is 77.9 cm³/mol. The Bertz CT molecular complexity index is 656. The molecule has 0 aliphatic heterocycles. The van der Waals surface area contributed by atoms with E-state index in [0.717, 1.165) is 0 Å². The number of anilines is 1. The van der Waals surface area contributed by atoms with Crippen molar-refractivity contribution < 1.29 is 19.0 Å². The van der Waals surface area contributed by atoms with E-state index in [2.05, 4.69) is 5.32 Å². The minimum atomic E-state index is -0.872. The van der Waals surface area contributed by atoms with Gasteiger partial charge in [0, 0.05) is 12.5 Å². The lowest BCUT2D eigenvalue weighted by Crippen LogP contribution is -2.07. The van der Waals surface area contributed by atoms with E-state index < -0.39 is 11.9 Å². The second kappa shape index (κ2) is 6.37. The molecule has 21 heavy (non-hydrogen) atoms. The van der Waals surface area contributed by atoms with Gasteiger partial charge in [-0.2, -0.15) is 0 Å². The fourth-order valence-electron chi connectivity index (χ4n) is 1.92. The van der Waals surface area contributed by atoms with Crippen LogP contribution in [-0.2, 0) is 4.79 Å². The van der Waals surface area contributed by atoms with Gasteiger partial charge in [0.2, 0.25) is 5.91 Å². The quantitative estimate of drug-likeness (QED) is 0.903. The highest BCUT2D eigenvalue weighted by molar-refractivity contribution is 5.90. The number of carbonyl (C=O) groups is 1. The topological polar surface area (TPSA) is 58.6 Å². The van der Waals surface area contributed by atoms with Gasteiger partial charge in [0.25, 0.3) is 0 Å². The predicted octanol–water partition coefficient (Wildman–Crippen LogP) is 3.63. The number of aliphatic hydroxyl groups is 1. The van der Waals surface area contributed by atoms with E-state index in [1.165, 1.54) is 26.0 Å². The number of amides is 1. The summed E-state index contributed by atoms with van der Waals surface area (Å²) in [6.07, 6.45) is -0.872. The van der Waals surface area contributed by atoms with Crippen molar-refractivity contribution in [2.24, 2.45) is 0 Å². The molecule has 0 radical (unpaired) electrons. The molecule has 0 heterocycles. The van der Waals surface area contributed by atoms with Gasteiger partial charge in [-0.3, -0.25) is 4.79 Å². The van der Waals surface area contributed by atoms with Crippen LogP contribution in [0.15, 0.2) is 42.5 Å². The van der Waals surface area contributed by atoms with Crippen LogP contribution in [0.1, 0.15) is 25.5 Å². The zero-order chi connectivity index (χ0) is 15.4. The van der Waals surface area contributed by atoms with Gasteiger partial charge in [-0.05, 0) is 25.1 Å². The molecule has 0 bridgehead atoms. The van der Waals surface area contributed by atoms with Gasteiger partial charge < -0.3 is 15.2 Å². The van der Waals surface area contributed by atoms with Gasteiger partial charge in [0.1, 0.15) is 0 Å². The Labute approximate surface area is 122 Å². The fourth-order valence-corrected chi connectivity index (χ4v) is 1.92. The number of hydrogen-bond acceptors (Lipinski definition) is 3. The standard InChI is InChI=1S/C16H16FNO3/c1-10(19)12-6-5-7-13(17)16(12)21-15-9-4-3-8-14(15)18-11(2)20/h3-10,19H,1-2H3,(H,18,20). The van der Waals surface area contributed by atoms with Gasteiger partial charge in [-0.15, -0.1) is 0 Å². The molecule has 0 saturated carbocycles. The Morgan fingerprint density at radius 1 is 1.24 bits per heavy atom. The van der Waals surface area contributed by atoms with Crippen LogP contribution in [0.2, 0.25) is 0 Å². The smallest absolute Gasteiger partial charge is 0.221 e. The second-order valence-corrected chi connectivity index (χ2v) is 4.61. The van der Waals surface area contributed by atoms with Crippen LogP contribution in [-0.4, -0.2) is 11.0 Å². The molecule has 1 unspecified atom stereocenters. The molecule has 2 aromatic rings. The Hall–Kier alpha value is -2.40. The molecule has 0 fully saturated rings. The molecule has 110 valence electrons. The SMILES string of the molecule is CC(=O)Nc1ccccc1Oc1c(F)cccc1C(C)O. The second-order valence-electron chi connectivity index (χ2n) is 4.61. The third kappa shape index (κ3) is 3.58. The Morgan fingerprint density at radius 2 is 1.95 bits per heavy atom. The van der Waals surface area contributed by atoms with E-state index in [-0.39, 0.29) is 11.7 Å². The molecule has 4 nitrogen and oxygen atoms in total. The van der Waals surface area contributed by atoms with Gasteiger partial charge in [-0.1, -0.05) is 24.3 Å². The van der Waals surface area contributed by atoms with Crippen molar-refractivity contribution >= 4 is 11.6 Å². The molecule has 0 aliphatic carbocycles. The number of benzene rings is 2. The Balaban J connectivity index is 2.41. The van der Waals surface area contributed by atoms with E-state index in [1.807, 2.05) is 0 Å². The van der Waals surface area contributed by atoms with E-state index in [1.54, 1.807) is 30.3 Å². The zero-order valence-corrected chi connectivity index (χ0v) is 11.8. The number of carbonyl (C=O) groups excluding carboxylic acids is 1. The van der Waals surface area contributed by atoms with Gasteiger partial charge >= 0.3 is 0 Å². The third-order valence-corrected chi connectivity index (χ3v) is 2.86. The maximum atomic E-state index is 14.0. The zero-order valence-electron chi connectivity index (χ0n) is 11.8. The molecule has 1 amide bonds. The summed E-state index contributed by atoms with van der Waals surface area (Å²) >= 11 is 0. The van der Waals surface area contributed by atoms with Crippen molar-refractivity contribution in [1.82, 2.24) is 0 Å². The minimum Gasteiger partial charge on any atom is -0.452 e. The van der Waals surface area contributed by atoms with E-state index in [0.29, 0.717) is 17.0 Å². The van der Waals surface area contributed by atoms with Gasteiger partial charge in [0.05, 0.1) is 11.8 Å². The number of ether oxygens (including phenoxy) is 1. The lowest BCUT2D eigenvalue weighted by molar-refractivity contribution is -0.114. The summed E-state index contributed by atoms with van der Waals surface area (Å²) in [5.74, 6) is -0.577. The van der Waals surface area contributed by atoms with E-state index in [4.69, 9.17) is 4.74 Å². The molecule has 5 heteroatoms. The molecular formula is C16H16FNO3. The Kier molecular flexibility index (Phi) is 4.55. The summed E-state index contributed by atoms with van der Waals surface area (Å²) in [4.78, 5) is 11.2. The van der Waals surface area contributed by atoms with Crippen LogP contribution in [0.4, 0.5) is 10.1 Å². The maximum Gasteiger partial charge on any atom is 0.221 e. The molecule has 2 N–H and O–H groups in total. The summed E-state index contributed by atoms with van der Waals surface area (Å²) in [6.45, 7) is 2.91. The van der Waals surface area contributed by atoms with Crippen molar-refractivity contribution in [2.45, 2.75) is 20.0 Å². The summed E-state index contributed by atoms with van der Waals surface area (Å²) in [7, 11) is 0. The van der Waals surface area contributed by atoms with Crippen molar-refractivity contribution in [1.29, 1.82) is 0 Å². The van der Waals surface area contributed by atoms with E-state index >= 15 is 0 Å². The molecule has 0 spiro atoms. The number of para-hydroxylation sites is 3. The van der Waals surface area contributed by atoms with Crippen LogP contribution in [0.25, 0.3) is 0 Å². The van der Waals surface area contributed by atoms with Gasteiger partial charge in [-0.25, -0.2) is 4.39 Å². The highest BCUT2D eigenvalue weighted by Gasteiger charge is 2.16. The van der Waals surface area contributed by atoms with Crippen LogP contribution >= 0.6 is 0 Å². The number of halogens is 1. The fraction of sp³-hybridized carbons (Fsp3) is 0.188. The molecule has 0 saturated heterocycles.